The molecule has 21 heavy (non-hydrogen) atoms. The van der Waals surface area contributed by atoms with Gasteiger partial charge in [0.15, 0.2) is 11.2 Å². The summed E-state index contributed by atoms with van der Waals surface area (Å²) in [6, 6.07) is 0.324. The molecule has 0 saturated carbocycles. The van der Waals surface area contributed by atoms with Crippen molar-refractivity contribution in [3.8, 4) is 0 Å². The number of H-pyrrole nitrogens is 1. The predicted octanol–water partition coefficient (Wildman–Crippen LogP) is 3.01. The lowest BCUT2D eigenvalue weighted by Gasteiger charge is -2.17. The quantitative estimate of drug-likeness (QED) is 0.731. The van der Waals surface area contributed by atoms with Gasteiger partial charge in [0.2, 0.25) is 5.95 Å². The van der Waals surface area contributed by atoms with Gasteiger partial charge in [-0.3, -0.25) is 9.78 Å². The summed E-state index contributed by atoms with van der Waals surface area (Å²) in [5.74, 6) is 0.145. The smallest absolute Gasteiger partial charge is 0.280 e. The summed E-state index contributed by atoms with van der Waals surface area (Å²) in [4.78, 5) is 22.7. The first kappa shape index (κ1) is 15.5. The van der Waals surface area contributed by atoms with Crippen LogP contribution in [0.4, 0.5) is 5.95 Å². The lowest BCUT2D eigenvalue weighted by atomic mass is 10.0. The Balaban J connectivity index is 2.13. The molecule has 0 aromatic carbocycles. The van der Waals surface area contributed by atoms with E-state index in [1.165, 1.54) is 32.1 Å². The first-order valence-corrected chi connectivity index (χ1v) is 7.89. The van der Waals surface area contributed by atoms with Crippen LogP contribution >= 0.6 is 0 Å². The maximum Gasteiger partial charge on any atom is 0.280 e. The molecule has 0 amide bonds. The third kappa shape index (κ3) is 3.62. The van der Waals surface area contributed by atoms with Gasteiger partial charge >= 0.3 is 0 Å². The van der Waals surface area contributed by atoms with Crippen molar-refractivity contribution in [1.29, 1.82) is 0 Å². The number of imidazole rings is 1. The van der Waals surface area contributed by atoms with Gasteiger partial charge in [-0.2, -0.15) is 4.98 Å². The SMILES string of the molecule is CCCCCCCC(CC)n1cnc2c(=O)[nH]c(N)nc21. The zero-order chi connectivity index (χ0) is 15.2. The number of fused-ring (bicyclic) bond motifs is 1. The molecule has 6 heteroatoms. The number of hydrogen-bond donors (Lipinski definition) is 2. The third-order valence-corrected chi connectivity index (χ3v) is 3.96. The number of aromatic amines is 1. The van der Waals surface area contributed by atoms with Gasteiger partial charge in [-0.15, -0.1) is 0 Å². The van der Waals surface area contributed by atoms with Crippen LogP contribution in [0.3, 0.4) is 0 Å². The maximum absolute atomic E-state index is 11.8. The van der Waals surface area contributed by atoms with Gasteiger partial charge in [-0.1, -0.05) is 46.0 Å². The highest BCUT2D eigenvalue weighted by molar-refractivity contribution is 5.70. The summed E-state index contributed by atoms with van der Waals surface area (Å²) in [6.07, 6.45) is 10.1. The fourth-order valence-corrected chi connectivity index (χ4v) is 2.73. The molecule has 0 aliphatic carbocycles. The molecule has 0 fully saturated rings. The monoisotopic (exact) mass is 291 g/mol. The fraction of sp³-hybridized carbons (Fsp3) is 0.667. The van der Waals surface area contributed by atoms with Crippen LogP contribution in [0, 0.1) is 0 Å². The van der Waals surface area contributed by atoms with Gasteiger partial charge in [0.05, 0.1) is 6.33 Å². The second-order valence-electron chi connectivity index (χ2n) is 5.54. The number of hydrogen-bond acceptors (Lipinski definition) is 4. The van der Waals surface area contributed by atoms with E-state index in [0.29, 0.717) is 17.2 Å². The zero-order valence-corrected chi connectivity index (χ0v) is 12.9. The van der Waals surface area contributed by atoms with Crippen LogP contribution in [0.25, 0.3) is 11.2 Å². The fourth-order valence-electron chi connectivity index (χ4n) is 2.73. The minimum atomic E-state index is -0.269. The van der Waals surface area contributed by atoms with Crippen molar-refractivity contribution in [3.63, 3.8) is 0 Å². The summed E-state index contributed by atoms with van der Waals surface area (Å²) < 4.78 is 2.00. The van der Waals surface area contributed by atoms with Gasteiger partial charge in [0.1, 0.15) is 0 Å². The lowest BCUT2D eigenvalue weighted by Crippen LogP contribution is -2.14. The van der Waals surface area contributed by atoms with Gasteiger partial charge in [-0.05, 0) is 12.8 Å². The molecule has 3 N–H and O–H groups in total. The molecular formula is C15H25N5O. The first-order valence-electron chi connectivity index (χ1n) is 7.89. The van der Waals surface area contributed by atoms with Crippen LogP contribution in [0.5, 0.6) is 0 Å². The second kappa shape index (κ2) is 7.24. The normalized spacial score (nSPS) is 12.9. The summed E-state index contributed by atoms with van der Waals surface area (Å²) in [5.41, 5.74) is 6.34. The molecule has 0 saturated heterocycles. The topological polar surface area (TPSA) is 89.6 Å². The Morgan fingerprint density at radius 1 is 1.29 bits per heavy atom. The number of unbranched alkanes of at least 4 members (excludes halogenated alkanes) is 4. The minimum Gasteiger partial charge on any atom is -0.369 e. The molecular weight excluding hydrogens is 266 g/mol. The van der Waals surface area contributed by atoms with E-state index in [1.54, 1.807) is 6.33 Å². The Morgan fingerprint density at radius 2 is 2.05 bits per heavy atom. The highest BCUT2D eigenvalue weighted by Gasteiger charge is 2.15. The standard InChI is InChI=1S/C15H25N5O/c1-3-5-6-7-8-9-11(4-2)20-10-17-12-13(20)18-15(16)19-14(12)21/h10-11H,3-9H2,1-2H3,(H3,16,18,19,21). The maximum atomic E-state index is 11.8. The second-order valence-corrected chi connectivity index (χ2v) is 5.54. The van der Waals surface area contributed by atoms with Crippen molar-refractivity contribution in [3.05, 3.63) is 16.7 Å². The van der Waals surface area contributed by atoms with Crippen LogP contribution in [-0.4, -0.2) is 19.5 Å². The molecule has 2 heterocycles. The Labute approximate surface area is 124 Å². The Bertz CT molecular complexity index is 631. The summed E-state index contributed by atoms with van der Waals surface area (Å²) in [6.45, 7) is 4.37. The van der Waals surface area contributed by atoms with Gasteiger partial charge < -0.3 is 10.3 Å². The molecule has 2 rings (SSSR count). The van der Waals surface area contributed by atoms with Crippen molar-refractivity contribution in [2.24, 2.45) is 0 Å². The number of nitrogens with two attached hydrogens (primary N) is 1. The summed E-state index contributed by atoms with van der Waals surface area (Å²) >= 11 is 0. The summed E-state index contributed by atoms with van der Waals surface area (Å²) in [5, 5.41) is 0. The summed E-state index contributed by atoms with van der Waals surface area (Å²) in [7, 11) is 0. The Morgan fingerprint density at radius 3 is 2.76 bits per heavy atom. The van der Waals surface area contributed by atoms with Crippen LogP contribution in [0.15, 0.2) is 11.1 Å². The van der Waals surface area contributed by atoms with Gasteiger partial charge in [0.25, 0.3) is 5.56 Å². The van der Waals surface area contributed by atoms with Crippen molar-refractivity contribution < 1.29 is 0 Å². The molecule has 1 unspecified atom stereocenters. The largest absolute Gasteiger partial charge is 0.369 e. The van der Waals surface area contributed by atoms with E-state index < -0.39 is 0 Å². The molecule has 1 atom stereocenters. The predicted molar refractivity (Wildman–Crippen MR) is 85.3 cm³/mol. The van der Waals surface area contributed by atoms with Crippen molar-refractivity contribution in [1.82, 2.24) is 19.5 Å². The lowest BCUT2D eigenvalue weighted by molar-refractivity contribution is 0.433. The van der Waals surface area contributed by atoms with Crippen LogP contribution in [0.1, 0.15) is 64.8 Å². The van der Waals surface area contributed by atoms with Crippen molar-refractivity contribution in [2.75, 3.05) is 5.73 Å². The van der Waals surface area contributed by atoms with E-state index in [-0.39, 0.29) is 11.5 Å². The van der Waals surface area contributed by atoms with E-state index in [0.717, 1.165) is 12.8 Å². The van der Waals surface area contributed by atoms with Crippen LogP contribution < -0.4 is 11.3 Å². The van der Waals surface area contributed by atoms with E-state index in [9.17, 15) is 4.79 Å². The van der Waals surface area contributed by atoms with Gasteiger partial charge in [0, 0.05) is 6.04 Å². The molecule has 6 nitrogen and oxygen atoms in total. The average Bonchev–Trinajstić information content (AvgIpc) is 2.87. The Kier molecular flexibility index (Phi) is 5.36. The molecule has 0 spiro atoms. The number of nitrogens with one attached hydrogen (secondary N) is 1. The van der Waals surface area contributed by atoms with Crippen molar-refractivity contribution in [2.45, 2.75) is 64.8 Å². The average molecular weight is 291 g/mol. The third-order valence-electron chi connectivity index (χ3n) is 3.96. The van der Waals surface area contributed by atoms with Gasteiger partial charge in [-0.25, -0.2) is 4.98 Å². The molecule has 0 aliphatic heterocycles. The number of nitrogen functional groups attached to an aromatic ring is 1. The van der Waals surface area contributed by atoms with E-state index in [2.05, 4.69) is 28.8 Å². The zero-order valence-electron chi connectivity index (χ0n) is 12.9. The minimum absolute atomic E-state index is 0.145. The molecule has 0 radical (unpaired) electrons. The Hall–Kier alpha value is -1.85. The molecule has 2 aromatic heterocycles. The van der Waals surface area contributed by atoms with E-state index in [1.807, 2.05) is 4.57 Å². The highest BCUT2D eigenvalue weighted by atomic mass is 16.1. The number of rotatable bonds is 8. The van der Waals surface area contributed by atoms with Crippen molar-refractivity contribution >= 4 is 17.1 Å². The molecule has 0 aliphatic rings. The number of nitrogens with zero attached hydrogens (tertiary/aromatic N) is 3. The van der Waals surface area contributed by atoms with E-state index in [4.69, 9.17) is 5.73 Å². The van der Waals surface area contributed by atoms with Crippen LogP contribution in [-0.2, 0) is 0 Å². The number of aromatic nitrogens is 4. The van der Waals surface area contributed by atoms with E-state index >= 15 is 0 Å². The first-order chi connectivity index (χ1) is 10.2. The molecule has 116 valence electrons. The van der Waals surface area contributed by atoms with Crippen LogP contribution in [0.2, 0.25) is 0 Å². The highest BCUT2D eigenvalue weighted by Crippen LogP contribution is 2.23. The molecule has 2 aromatic rings. The number of anilines is 1. The molecule has 0 bridgehead atoms.